The van der Waals surface area contributed by atoms with Crippen LogP contribution in [0.25, 0.3) is 0 Å². The first-order valence-corrected chi connectivity index (χ1v) is 9.96. The van der Waals surface area contributed by atoms with Crippen LogP contribution in [0.1, 0.15) is 28.3 Å². The van der Waals surface area contributed by atoms with Crippen LogP contribution >= 0.6 is 15.9 Å². The first-order valence-electron chi connectivity index (χ1n) is 9.17. The lowest BCUT2D eigenvalue weighted by molar-refractivity contribution is -0.384. The molecule has 1 aromatic heterocycles. The third kappa shape index (κ3) is 3.83. The van der Waals surface area contributed by atoms with E-state index >= 15 is 0 Å². The van der Waals surface area contributed by atoms with Gasteiger partial charge in [-0.3, -0.25) is 15.2 Å². The molecule has 1 aliphatic rings. The monoisotopic (exact) mass is 481 g/mol. The number of hydrogen-bond donors (Lipinski definition) is 2. The lowest BCUT2D eigenvalue weighted by atomic mass is 9.84. The number of nitrogens with zero attached hydrogens (tertiary/aromatic N) is 3. The molecule has 0 saturated carbocycles. The molecule has 0 spiro atoms. The third-order valence-corrected chi connectivity index (χ3v) is 5.58. The molecule has 2 aromatic carbocycles. The number of rotatable bonds is 5. The molecule has 4 rings (SSSR count). The summed E-state index contributed by atoms with van der Waals surface area (Å²) in [5, 5.41) is 27.4. The predicted molar refractivity (Wildman–Crippen MR) is 114 cm³/mol. The molecule has 0 amide bonds. The van der Waals surface area contributed by atoms with Crippen LogP contribution in [0.4, 0.5) is 5.69 Å². The van der Waals surface area contributed by atoms with Crippen LogP contribution in [0.5, 0.6) is 11.6 Å². The maximum atomic E-state index is 10.8. The second-order valence-electron chi connectivity index (χ2n) is 6.89. The molecule has 1 atom stereocenters. The van der Waals surface area contributed by atoms with E-state index in [4.69, 9.17) is 15.2 Å². The minimum absolute atomic E-state index is 0.0280. The SMILES string of the molecule is Cc1[nH]nc2c1C(c1ccc(OCc3ccc([N+](=O)[O-])cc3)c(Br)c1)C(C#N)=C(N)O2. The predicted octanol–water partition coefficient (Wildman–Crippen LogP) is 4.19. The molecule has 9 nitrogen and oxygen atoms in total. The lowest BCUT2D eigenvalue weighted by Crippen LogP contribution is -2.21. The van der Waals surface area contributed by atoms with Gasteiger partial charge in [0.25, 0.3) is 5.69 Å². The summed E-state index contributed by atoms with van der Waals surface area (Å²) >= 11 is 3.52. The number of aryl methyl sites for hydroxylation is 1. The van der Waals surface area contributed by atoms with Crippen LogP contribution in [0.15, 0.2) is 58.4 Å². The van der Waals surface area contributed by atoms with E-state index in [1.165, 1.54) is 12.1 Å². The molecule has 1 unspecified atom stereocenters. The highest BCUT2D eigenvalue weighted by Gasteiger charge is 2.34. The highest BCUT2D eigenvalue weighted by Crippen LogP contribution is 2.44. The van der Waals surface area contributed by atoms with Crippen molar-refractivity contribution in [3.05, 3.63) is 90.9 Å². The second-order valence-corrected chi connectivity index (χ2v) is 7.75. The third-order valence-electron chi connectivity index (χ3n) is 4.96. The Morgan fingerprint density at radius 2 is 2.10 bits per heavy atom. The Labute approximate surface area is 185 Å². The minimum atomic E-state index is -0.444. The average molecular weight is 482 g/mol. The summed E-state index contributed by atoms with van der Waals surface area (Å²) in [4.78, 5) is 10.3. The Kier molecular flexibility index (Phi) is 5.35. The Morgan fingerprint density at radius 3 is 2.74 bits per heavy atom. The van der Waals surface area contributed by atoms with E-state index in [-0.39, 0.29) is 18.2 Å². The van der Waals surface area contributed by atoms with Crippen LogP contribution in [-0.4, -0.2) is 15.1 Å². The highest BCUT2D eigenvalue weighted by molar-refractivity contribution is 9.10. The summed E-state index contributed by atoms with van der Waals surface area (Å²) in [7, 11) is 0. The summed E-state index contributed by atoms with van der Waals surface area (Å²) in [5.41, 5.74) is 9.46. The number of ether oxygens (including phenoxy) is 2. The van der Waals surface area contributed by atoms with Crippen molar-refractivity contribution in [1.82, 2.24) is 10.2 Å². The molecule has 0 radical (unpaired) electrons. The van der Waals surface area contributed by atoms with Gasteiger partial charge in [0.15, 0.2) is 0 Å². The summed E-state index contributed by atoms with van der Waals surface area (Å²) in [6, 6.07) is 13.8. The van der Waals surface area contributed by atoms with E-state index in [1.54, 1.807) is 18.2 Å². The van der Waals surface area contributed by atoms with Gasteiger partial charge < -0.3 is 15.2 Å². The van der Waals surface area contributed by atoms with Crippen molar-refractivity contribution < 1.29 is 14.4 Å². The number of non-ortho nitro benzene ring substituents is 1. The van der Waals surface area contributed by atoms with Crippen molar-refractivity contribution in [2.24, 2.45) is 5.73 Å². The fourth-order valence-corrected chi connectivity index (χ4v) is 3.93. The van der Waals surface area contributed by atoms with Crippen molar-refractivity contribution in [3.63, 3.8) is 0 Å². The Balaban J connectivity index is 1.59. The molecular weight excluding hydrogens is 466 g/mol. The van der Waals surface area contributed by atoms with Crippen LogP contribution < -0.4 is 15.2 Å². The largest absolute Gasteiger partial charge is 0.488 e. The first-order chi connectivity index (χ1) is 14.9. The van der Waals surface area contributed by atoms with Crippen LogP contribution in [0.2, 0.25) is 0 Å². The van der Waals surface area contributed by atoms with Gasteiger partial charge in [-0.15, -0.1) is 5.10 Å². The fourth-order valence-electron chi connectivity index (χ4n) is 3.42. The molecule has 0 aliphatic carbocycles. The number of nitrogens with one attached hydrogen (secondary N) is 1. The van der Waals surface area contributed by atoms with Gasteiger partial charge in [0.1, 0.15) is 24.0 Å². The first kappa shape index (κ1) is 20.4. The number of aromatic amines is 1. The van der Waals surface area contributed by atoms with E-state index < -0.39 is 10.8 Å². The van der Waals surface area contributed by atoms with Crippen molar-refractivity contribution in [3.8, 4) is 17.7 Å². The molecule has 156 valence electrons. The van der Waals surface area contributed by atoms with Crippen molar-refractivity contribution in [2.45, 2.75) is 19.4 Å². The Hall–Kier alpha value is -3.84. The second kappa shape index (κ2) is 8.12. The number of aromatic nitrogens is 2. The van der Waals surface area contributed by atoms with E-state index in [1.807, 2.05) is 19.1 Å². The molecule has 10 heteroatoms. The molecular formula is C21H16BrN5O4. The standard InChI is InChI=1S/C21H16BrN5O4/c1-11-18-19(15(9-23)20(24)31-21(18)26-25-11)13-4-7-17(16(22)8-13)30-10-12-2-5-14(6-3-12)27(28)29/h2-8,19H,10,24H2,1H3,(H,25,26). The molecule has 0 bridgehead atoms. The molecule has 2 heterocycles. The highest BCUT2D eigenvalue weighted by atomic mass is 79.9. The van der Waals surface area contributed by atoms with E-state index in [2.05, 4.69) is 32.2 Å². The quantitative estimate of drug-likeness (QED) is 0.411. The van der Waals surface area contributed by atoms with E-state index in [0.717, 1.165) is 22.4 Å². The van der Waals surface area contributed by atoms with Gasteiger partial charge in [0.2, 0.25) is 11.8 Å². The van der Waals surface area contributed by atoms with Gasteiger partial charge >= 0.3 is 0 Å². The Bertz CT molecular complexity index is 1240. The normalized spacial score (nSPS) is 15.1. The van der Waals surface area contributed by atoms with E-state index in [0.29, 0.717) is 21.7 Å². The fraction of sp³-hybridized carbons (Fsp3) is 0.143. The summed E-state index contributed by atoms with van der Waals surface area (Å²) in [6.45, 7) is 2.10. The van der Waals surface area contributed by atoms with Crippen molar-refractivity contribution >= 4 is 21.6 Å². The van der Waals surface area contributed by atoms with Gasteiger partial charge in [0.05, 0.1) is 15.3 Å². The van der Waals surface area contributed by atoms with Crippen LogP contribution in [0.3, 0.4) is 0 Å². The van der Waals surface area contributed by atoms with E-state index in [9.17, 15) is 15.4 Å². The molecule has 1 aliphatic heterocycles. The Morgan fingerprint density at radius 1 is 1.35 bits per heavy atom. The molecule has 3 N–H and O–H groups in total. The molecule has 3 aromatic rings. The van der Waals surface area contributed by atoms with Crippen LogP contribution in [0, 0.1) is 28.4 Å². The number of fused-ring (bicyclic) bond motifs is 1. The maximum absolute atomic E-state index is 10.8. The zero-order chi connectivity index (χ0) is 22.1. The van der Waals surface area contributed by atoms with Crippen molar-refractivity contribution in [2.75, 3.05) is 0 Å². The number of nitro groups is 1. The van der Waals surface area contributed by atoms with Crippen LogP contribution in [-0.2, 0) is 6.61 Å². The van der Waals surface area contributed by atoms with Gasteiger partial charge in [-0.2, -0.15) is 5.26 Å². The zero-order valence-corrected chi connectivity index (χ0v) is 17.8. The number of nitriles is 1. The van der Waals surface area contributed by atoms with Gasteiger partial charge in [0, 0.05) is 23.4 Å². The number of benzene rings is 2. The summed E-state index contributed by atoms with van der Waals surface area (Å²) in [6.07, 6.45) is 0. The molecule has 0 saturated heterocycles. The lowest BCUT2D eigenvalue weighted by Gasteiger charge is -2.24. The number of H-pyrrole nitrogens is 1. The van der Waals surface area contributed by atoms with Gasteiger partial charge in [-0.25, -0.2) is 0 Å². The summed E-state index contributed by atoms with van der Waals surface area (Å²) in [5.74, 6) is 0.552. The number of nitrogens with two attached hydrogens (primary N) is 1. The average Bonchev–Trinajstić information content (AvgIpc) is 3.12. The number of hydrogen-bond acceptors (Lipinski definition) is 7. The number of halogens is 1. The zero-order valence-electron chi connectivity index (χ0n) is 16.3. The van der Waals surface area contributed by atoms with Crippen molar-refractivity contribution in [1.29, 1.82) is 5.26 Å². The number of nitro benzene ring substituents is 1. The topological polar surface area (TPSA) is 140 Å². The van der Waals surface area contributed by atoms with Gasteiger partial charge in [-0.1, -0.05) is 6.07 Å². The molecule has 31 heavy (non-hydrogen) atoms. The maximum Gasteiger partial charge on any atom is 0.269 e. The number of allylic oxidation sites excluding steroid dienone is 1. The van der Waals surface area contributed by atoms with Gasteiger partial charge in [-0.05, 0) is 58.2 Å². The minimum Gasteiger partial charge on any atom is -0.488 e. The smallest absolute Gasteiger partial charge is 0.269 e. The summed E-state index contributed by atoms with van der Waals surface area (Å²) < 4.78 is 12.0. The molecule has 0 fully saturated rings.